The van der Waals surface area contributed by atoms with Gasteiger partial charge in [0.05, 0.1) is 12.1 Å². The normalized spacial score (nSPS) is 23.9. The van der Waals surface area contributed by atoms with Gasteiger partial charge in [0.1, 0.15) is 0 Å². The van der Waals surface area contributed by atoms with Gasteiger partial charge in [-0.3, -0.25) is 15.0 Å². The smallest absolute Gasteiger partial charge is 0.321 e. The Morgan fingerprint density at radius 2 is 2.17 bits per heavy atom. The number of nitrogens with one attached hydrogen (secondary N) is 2. The molecule has 18 heavy (non-hydrogen) atoms. The Kier molecular flexibility index (Phi) is 5.55. The maximum absolute atomic E-state index is 11.6. The van der Waals surface area contributed by atoms with Crippen LogP contribution in [0, 0.1) is 0 Å². The number of imide groups is 1. The Labute approximate surface area is 108 Å². The van der Waals surface area contributed by atoms with Crippen LogP contribution in [0.25, 0.3) is 0 Å². The summed E-state index contributed by atoms with van der Waals surface area (Å²) in [5, 5.41) is 14.6. The molecule has 0 aromatic heterocycles. The van der Waals surface area contributed by atoms with Gasteiger partial charge in [-0.1, -0.05) is 13.3 Å². The van der Waals surface area contributed by atoms with Crippen LogP contribution >= 0.6 is 0 Å². The second-order valence-electron chi connectivity index (χ2n) is 5.12. The van der Waals surface area contributed by atoms with E-state index in [1.165, 1.54) is 0 Å². The number of rotatable bonds is 5. The van der Waals surface area contributed by atoms with Gasteiger partial charge in [0.15, 0.2) is 0 Å². The highest BCUT2D eigenvalue weighted by atomic mass is 16.3. The number of β-amino-alcohol motifs (C(OH)–C–C–N with tert-alkyl or cyclic N) is 1. The van der Waals surface area contributed by atoms with E-state index in [9.17, 15) is 14.7 Å². The number of carbonyl (C=O) groups is 2. The van der Waals surface area contributed by atoms with Crippen molar-refractivity contribution in [1.82, 2.24) is 15.5 Å². The van der Waals surface area contributed by atoms with Gasteiger partial charge in [0.25, 0.3) is 0 Å². The van der Waals surface area contributed by atoms with Crippen LogP contribution in [0.2, 0.25) is 0 Å². The molecule has 0 spiro atoms. The van der Waals surface area contributed by atoms with E-state index in [0.717, 1.165) is 12.8 Å². The van der Waals surface area contributed by atoms with Crippen molar-refractivity contribution in [2.75, 3.05) is 26.2 Å². The summed E-state index contributed by atoms with van der Waals surface area (Å²) in [4.78, 5) is 24.7. The number of carbonyl (C=O) groups excluding carboxylic acids is 2. The van der Waals surface area contributed by atoms with Gasteiger partial charge in [-0.05, 0) is 19.8 Å². The van der Waals surface area contributed by atoms with Gasteiger partial charge in [0, 0.05) is 19.6 Å². The van der Waals surface area contributed by atoms with Crippen LogP contribution in [0.5, 0.6) is 0 Å². The lowest BCUT2D eigenvalue weighted by Gasteiger charge is -2.18. The second kappa shape index (κ2) is 6.70. The Bertz CT molecular complexity index is 305. The van der Waals surface area contributed by atoms with Gasteiger partial charge in [-0.2, -0.15) is 0 Å². The van der Waals surface area contributed by atoms with Crippen molar-refractivity contribution in [3.8, 4) is 0 Å². The molecule has 0 aromatic rings. The molecule has 0 saturated carbocycles. The monoisotopic (exact) mass is 257 g/mol. The maximum atomic E-state index is 11.6. The summed E-state index contributed by atoms with van der Waals surface area (Å²) in [6, 6.07) is -0.445. The predicted octanol–water partition coefficient (Wildman–Crippen LogP) is 0.0690. The van der Waals surface area contributed by atoms with Gasteiger partial charge in [0.2, 0.25) is 5.91 Å². The molecule has 1 aliphatic rings. The van der Waals surface area contributed by atoms with Gasteiger partial charge >= 0.3 is 6.03 Å². The van der Waals surface area contributed by atoms with E-state index in [4.69, 9.17) is 0 Å². The number of hydrogen-bond donors (Lipinski definition) is 3. The molecule has 1 rings (SSSR count). The van der Waals surface area contributed by atoms with Crippen LogP contribution < -0.4 is 10.6 Å². The molecule has 1 aliphatic heterocycles. The van der Waals surface area contributed by atoms with E-state index in [2.05, 4.69) is 10.6 Å². The van der Waals surface area contributed by atoms with Gasteiger partial charge < -0.3 is 10.4 Å². The topological polar surface area (TPSA) is 81.7 Å². The Morgan fingerprint density at radius 1 is 1.44 bits per heavy atom. The molecule has 3 N–H and O–H groups in total. The standard InChI is InChI=1S/C12H23N3O3/c1-3-4-6-13-11(17)14-10(16)8-15-7-5-12(2,18)9-15/h18H,3-9H2,1-2H3,(H2,13,14,16,17). The SMILES string of the molecule is CCCCNC(=O)NC(=O)CN1CCC(C)(O)C1. The molecule has 0 bridgehead atoms. The van der Waals surface area contributed by atoms with E-state index in [-0.39, 0.29) is 12.5 Å². The highest BCUT2D eigenvalue weighted by Gasteiger charge is 2.32. The van der Waals surface area contributed by atoms with E-state index in [0.29, 0.717) is 26.1 Å². The molecule has 1 atom stereocenters. The summed E-state index contributed by atoms with van der Waals surface area (Å²) in [5.74, 6) is -0.332. The average Bonchev–Trinajstić information content (AvgIpc) is 2.58. The molecular formula is C12H23N3O3. The first kappa shape index (κ1) is 14.9. The summed E-state index contributed by atoms with van der Waals surface area (Å²) in [6.07, 6.45) is 2.55. The summed E-state index contributed by atoms with van der Waals surface area (Å²) >= 11 is 0. The van der Waals surface area contributed by atoms with E-state index in [1.807, 2.05) is 11.8 Å². The third-order valence-corrected chi connectivity index (χ3v) is 2.97. The van der Waals surface area contributed by atoms with Crippen molar-refractivity contribution in [2.24, 2.45) is 0 Å². The number of likely N-dealkylation sites (tertiary alicyclic amines) is 1. The van der Waals surface area contributed by atoms with Crippen LogP contribution in [0.15, 0.2) is 0 Å². The molecule has 0 aliphatic carbocycles. The molecule has 1 saturated heterocycles. The fraction of sp³-hybridized carbons (Fsp3) is 0.833. The number of unbranched alkanes of at least 4 members (excludes halogenated alkanes) is 1. The average molecular weight is 257 g/mol. The van der Waals surface area contributed by atoms with Crippen LogP contribution in [0.3, 0.4) is 0 Å². The molecule has 0 aromatic carbocycles. The molecule has 1 unspecified atom stereocenters. The summed E-state index contributed by atoms with van der Waals surface area (Å²) in [6.45, 7) is 5.66. The lowest BCUT2D eigenvalue weighted by Crippen LogP contribution is -2.44. The first-order valence-corrected chi connectivity index (χ1v) is 6.45. The minimum absolute atomic E-state index is 0.150. The number of amides is 3. The zero-order chi connectivity index (χ0) is 13.6. The molecule has 1 fully saturated rings. The van der Waals surface area contributed by atoms with Crippen molar-refractivity contribution in [2.45, 2.75) is 38.7 Å². The van der Waals surface area contributed by atoms with E-state index in [1.54, 1.807) is 6.92 Å². The Morgan fingerprint density at radius 3 is 2.72 bits per heavy atom. The third kappa shape index (κ3) is 5.46. The highest BCUT2D eigenvalue weighted by Crippen LogP contribution is 2.19. The van der Waals surface area contributed by atoms with Crippen LogP contribution in [0.4, 0.5) is 4.79 Å². The molecule has 6 nitrogen and oxygen atoms in total. The highest BCUT2D eigenvalue weighted by molar-refractivity contribution is 5.95. The summed E-state index contributed by atoms with van der Waals surface area (Å²) < 4.78 is 0. The Hall–Kier alpha value is -1.14. The minimum atomic E-state index is -0.719. The lowest BCUT2D eigenvalue weighted by molar-refractivity contribution is -0.121. The quantitative estimate of drug-likeness (QED) is 0.609. The lowest BCUT2D eigenvalue weighted by atomic mass is 10.1. The number of urea groups is 1. The molecule has 3 amide bonds. The zero-order valence-electron chi connectivity index (χ0n) is 11.2. The summed E-state index contributed by atoms with van der Waals surface area (Å²) in [7, 11) is 0. The van der Waals surface area contributed by atoms with Crippen LogP contribution in [-0.4, -0.2) is 53.7 Å². The number of nitrogens with zero attached hydrogens (tertiary/aromatic N) is 1. The zero-order valence-corrected chi connectivity index (χ0v) is 11.2. The van der Waals surface area contributed by atoms with Crippen LogP contribution in [0.1, 0.15) is 33.1 Å². The first-order valence-electron chi connectivity index (χ1n) is 6.45. The molecule has 1 heterocycles. The molecule has 104 valence electrons. The van der Waals surface area contributed by atoms with E-state index >= 15 is 0 Å². The molecular weight excluding hydrogens is 234 g/mol. The number of hydrogen-bond acceptors (Lipinski definition) is 4. The van der Waals surface area contributed by atoms with Crippen LogP contribution in [-0.2, 0) is 4.79 Å². The van der Waals surface area contributed by atoms with Crippen molar-refractivity contribution >= 4 is 11.9 Å². The predicted molar refractivity (Wildman–Crippen MR) is 68.1 cm³/mol. The Balaban J connectivity index is 2.19. The van der Waals surface area contributed by atoms with Gasteiger partial charge in [-0.25, -0.2) is 4.79 Å². The molecule has 6 heteroatoms. The first-order chi connectivity index (χ1) is 8.43. The number of aliphatic hydroxyl groups is 1. The van der Waals surface area contributed by atoms with E-state index < -0.39 is 11.6 Å². The maximum Gasteiger partial charge on any atom is 0.321 e. The summed E-state index contributed by atoms with van der Waals surface area (Å²) in [5.41, 5.74) is -0.719. The largest absolute Gasteiger partial charge is 0.389 e. The fourth-order valence-corrected chi connectivity index (χ4v) is 1.97. The van der Waals surface area contributed by atoms with Gasteiger partial charge in [-0.15, -0.1) is 0 Å². The van der Waals surface area contributed by atoms with Crippen molar-refractivity contribution < 1.29 is 14.7 Å². The van der Waals surface area contributed by atoms with Crippen molar-refractivity contribution in [3.63, 3.8) is 0 Å². The van der Waals surface area contributed by atoms with Crippen molar-refractivity contribution in [1.29, 1.82) is 0 Å². The molecule has 0 radical (unpaired) electrons. The third-order valence-electron chi connectivity index (χ3n) is 2.97. The fourth-order valence-electron chi connectivity index (χ4n) is 1.97. The second-order valence-corrected chi connectivity index (χ2v) is 5.12. The van der Waals surface area contributed by atoms with Crippen molar-refractivity contribution in [3.05, 3.63) is 0 Å². The minimum Gasteiger partial charge on any atom is -0.389 e.